The number of carbonyl (C=O) groups excluding carboxylic acids is 3. The van der Waals surface area contributed by atoms with E-state index in [1.165, 1.54) is 4.90 Å². The molecule has 0 aromatic rings. The van der Waals surface area contributed by atoms with Gasteiger partial charge in [0, 0.05) is 51.2 Å². The second kappa shape index (κ2) is 5.30. The molecule has 25 heavy (non-hydrogen) atoms. The summed E-state index contributed by atoms with van der Waals surface area (Å²) in [6.07, 6.45) is -3.17. The Hall–Kier alpha value is -2.40. The third-order valence-corrected chi connectivity index (χ3v) is 5.37. The quantitative estimate of drug-likeness (QED) is 0.277. The molecule has 4 fully saturated rings. The van der Waals surface area contributed by atoms with Crippen LogP contribution >= 0.6 is 0 Å². The molecule has 11 heteroatoms. The predicted octanol–water partition coefficient (Wildman–Crippen LogP) is -1.99. The van der Waals surface area contributed by atoms with E-state index in [1.54, 1.807) is 0 Å². The van der Waals surface area contributed by atoms with Crippen LogP contribution in [0.25, 0.3) is 0 Å². The summed E-state index contributed by atoms with van der Waals surface area (Å²) in [6, 6.07) is 0. The number of likely N-dealkylation sites (tertiary alicyclic amines) is 2. The van der Waals surface area contributed by atoms with Crippen LogP contribution in [0.2, 0.25) is 0 Å². The maximum Gasteiger partial charge on any atom is 0.426 e. The Balaban J connectivity index is 1.29. The van der Waals surface area contributed by atoms with Crippen LogP contribution in [0.3, 0.4) is 0 Å². The van der Waals surface area contributed by atoms with Crippen LogP contribution in [-0.2, 0) is 19.1 Å². The van der Waals surface area contributed by atoms with Crippen LogP contribution in [-0.4, -0.2) is 91.1 Å². The summed E-state index contributed by atoms with van der Waals surface area (Å²) >= 11 is 0. The van der Waals surface area contributed by atoms with Crippen molar-refractivity contribution in [2.45, 2.75) is 6.23 Å². The average Bonchev–Trinajstić information content (AvgIpc) is 2.38. The first-order valence-corrected chi connectivity index (χ1v) is 7.97. The molecule has 0 aromatic carbocycles. The SMILES string of the molecule is O=C(OC(=O)N1CC2(CNC2)C1)C(=O)OC1N(C(=O)O)CC12CNC2. The number of amides is 2. The van der Waals surface area contributed by atoms with Gasteiger partial charge < -0.3 is 30.1 Å². The van der Waals surface area contributed by atoms with E-state index < -0.39 is 35.8 Å². The van der Waals surface area contributed by atoms with Gasteiger partial charge in [0.05, 0.1) is 5.41 Å². The van der Waals surface area contributed by atoms with E-state index >= 15 is 0 Å². The molecule has 0 radical (unpaired) electrons. The maximum atomic E-state index is 11.9. The van der Waals surface area contributed by atoms with Crippen molar-refractivity contribution in [1.29, 1.82) is 0 Å². The standard InChI is InChI=1S/C14H18N4O7/c19-8(24-10-14(3-16-4-14)7-18(10)11(21)22)9(20)25-12(23)17-5-13(6-17)1-15-2-13/h10,15-16H,1-7H2,(H,21,22). The molecule has 2 spiro atoms. The van der Waals surface area contributed by atoms with Crippen LogP contribution in [0.5, 0.6) is 0 Å². The second-order valence-corrected chi connectivity index (χ2v) is 7.25. The fourth-order valence-electron chi connectivity index (χ4n) is 3.74. The normalized spacial score (nSPS) is 27.4. The van der Waals surface area contributed by atoms with Gasteiger partial charge in [0.15, 0.2) is 6.23 Å². The Morgan fingerprint density at radius 1 is 0.960 bits per heavy atom. The molecular weight excluding hydrogens is 336 g/mol. The lowest BCUT2D eigenvalue weighted by atomic mass is 9.72. The highest BCUT2D eigenvalue weighted by atomic mass is 16.6. The van der Waals surface area contributed by atoms with Crippen LogP contribution in [0.15, 0.2) is 0 Å². The summed E-state index contributed by atoms with van der Waals surface area (Å²) in [7, 11) is 0. The molecule has 3 N–H and O–H groups in total. The number of nitrogens with zero attached hydrogens (tertiary/aromatic N) is 2. The zero-order valence-electron chi connectivity index (χ0n) is 13.3. The molecule has 1 atom stereocenters. The zero-order valence-corrected chi connectivity index (χ0v) is 13.3. The van der Waals surface area contributed by atoms with Gasteiger partial charge in [0.1, 0.15) is 0 Å². The van der Waals surface area contributed by atoms with Gasteiger partial charge in [-0.3, -0.25) is 4.90 Å². The zero-order chi connectivity index (χ0) is 17.8. The molecule has 136 valence electrons. The Kier molecular flexibility index (Phi) is 3.41. The minimum Gasteiger partial charge on any atom is -0.465 e. The van der Waals surface area contributed by atoms with Gasteiger partial charge in [0.25, 0.3) is 0 Å². The van der Waals surface area contributed by atoms with E-state index in [0.29, 0.717) is 26.2 Å². The van der Waals surface area contributed by atoms with Crippen molar-refractivity contribution in [3.05, 3.63) is 0 Å². The lowest BCUT2D eigenvalue weighted by Crippen LogP contribution is -2.78. The molecule has 11 nitrogen and oxygen atoms in total. The van der Waals surface area contributed by atoms with E-state index in [2.05, 4.69) is 15.4 Å². The lowest BCUT2D eigenvalue weighted by Gasteiger charge is -2.59. The first kappa shape index (κ1) is 16.1. The van der Waals surface area contributed by atoms with Gasteiger partial charge in [-0.15, -0.1) is 0 Å². The van der Waals surface area contributed by atoms with Gasteiger partial charge in [-0.25, -0.2) is 19.2 Å². The molecule has 0 aromatic heterocycles. The van der Waals surface area contributed by atoms with Crippen LogP contribution in [0.1, 0.15) is 0 Å². The number of hydrogen-bond donors (Lipinski definition) is 3. The number of esters is 2. The third kappa shape index (κ3) is 2.42. The predicted molar refractivity (Wildman–Crippen MR) is 78.3 cm³/mol. The summed E-state index contributed by atoms with van der Waals surface area (Å²) < 4.78 is 9.53. The third-order valence-electron chi connectivity index (χ3n) is 5.37. The van der Waals surface area contributed by atoms with Crippen LogP contribution in [0, 0.1) is 10.8 Å². The van der Waals surface area contributed by atoms with Crippen molar-refractivity contribution < 1.29 is 33.8 Å². The van der Waals surface area contributed by atoms with E-state index in [1.807, 2.05) is 0 Å². The molecule has 4 heterocycles. The minimum atomic E-state index is -1.43. The Morgan fingerprint density at radius 3 is 2.08 bits per heavy atom. The van der Waals surface area contributed by atoms with Crippen molar-refractivity contribution in [2.75, 3.05) is 45.8 Å². The van der Waals surface area contributed by atoms with Crippen LogP contribution in [0.4, 0.5) is 9.59 Å². The van der Waals surface area contributed by atoms with Crippen molar-refractivity contribution in [2.24, 2.45) is 10.8 Å². The smallest absolute Gasteiger partial charge is 0.426 e. The molecule has 2 amide bonds. The number of rotatable bonds is 1. The van der Waals surface area contributed by atoms with Crippen molar-refractivity contribution in [3.8, 4) is 0 Å². The van der Waals surface area contributed by atoms with Gasteiger partial charge in [0.2, 0.25) is 0 Å². The van der Waals surface area contributed by atoms with Crippen molar-refractivity contribution in [1.82, 2.24) is 20.4 Å². The number of nitrogens with one attached hydrogen (secondary N) is 2. The van der Waals surface area contributed by atoms with Crippen molar-refractivity contribution in [3.63, 3.8) is 0 Å². The first-order chi connectivity index (χ1) is 11.8. The fraction of sp³-hybridized carbons (Fsp3) is 0.714. The minimum absolute atomic E-state index is 0.0695. The van der Waals surface area contributed by atoms with Crippen molar-refractivity contribution >= 4 is 24.1 Å². The van der Waals surface area contributed by atoms with Gasteiger partial charge in [-0.05, 0) is 0 Å². The highest BCUT2D eigenvalue weighted by molar-refractivity contribution is 6.31. The molecule has 4 aliphatic rings. The van der Waals surface area contributed by atoms with E-state index in [4.69, 9.17) is 9.84 Å². The molecule has 0 bridgehead atoms. The van der Waals surface area contributed by atoms with Crippen LogP contribution < -0.4 is 10.6 Å². The summed E-state index contributed by atoms with van der Waals surface area (Å²) in [4.78, 5) is 48.9. The first-order valence-electron chi connectivity index (χ1n) is 7.97. The van der Waals surface area contributed by atoms with Gasteiger partial charge in [-0.2, -0.15) is 0 Å². The average molecular weight is 354 g/mol. The van der Waals surface area contributed by atoms with E-state index in [-0.39, 0.29) is 12.0 Å². The molecule has 0 saturated carbocycles. The van der Waals surface area contributed by atoms with Gasteiger partial charge >= 0.3 is 24.1 Å². The number of hydrogen-bond acceptors (Lipinski definition) is 8. The molecular formula is C14H18N4O7. The summed E-state index contributed by atoms with van der Waals surface area (Å²) in [6.45, 7) is 3.80. The van der Waals surface area contributed by atoms with E-state index in [9.17, 15) is 19.2 Å². The topological polar surface area (TPSA) is 138 Å². The Morgan fingerprint density at radius 2 is 1.60 bits per heavy atom. The largest absolute Gasteiger partial charge is 0.465 e. The fourth-order valence-corrected chi connectivity index (χ4v) is 3.74. The highest BCUT2D eigenvalue weighted by Gasteiger charge is 2.61. The van der Waals surface area contributed by atoms with E-state index in [0.717, 1.165) is 18.0 Å². The number of carbonyl (C=O) groups is 4. The molecule has 0 aliphatic carbocycles. The Labute approximate surface area is 142 Å². The Bertz CT molecular complexity index is 650. The van der Waals surface area contributed by atoms with Gasteiger partial charge in [-0.1, -0.05) is 0 Å². The second-order valence-electron chi connectivity index (χ2n) is 7.25. The number of ether oxygens (including phenoxy) is 2. The summed E-state index contributed by atoms with van der Waals surface area (Å²) in [5, 5.41) is 15.2. The molecule has 4 saturated heterocycles. The number of carboxylic acid groups (broad SMARTS) is 1. The molecule has 1 unspecified atom stereocenters. The lowest BCUT2D eigenvalue weighted by molar-refractivity contribution is -0.223. The maximum absolute atomic E-state index is 11.9. The molecule has 4 rings (SSSR count). The molecule has 4 aliphatic heterocycles. The highest BCUT2D eigenvalue weighted by Crippen LogP contribution is 2.42. The monoisotopic (exact) mass is 354 g/mol. The summed E-state index contributed by atoms with van der Waals surface area (Å²) in [5.74, 6) is -2.80. The summed E-state index contributed by atoms with van der Waals surface area (Å²) in [5.41, 5.74) is -0.431.